The Hall–Kier alpha value is -1.55. The Morgan fingerprint density at radius 1 is 1.45 bits per heavy atom. The summed E-state index contributed by atoms with van der Waals surface area (Å²) < 4.78 is 16.2. The largest absolute Gasteiger partial charge is 0.383 e. The number of nitrogen functional groups attached to an aromatic ring is 1. The van der Waals surface area contributed by atoms with E-state index >= 15 is 0 Å². The highest BCUT2D eigenvalue weighted by atomic mass is 35.5. The van der Waals surface area contributed by atoms with Gasteiger partial charge in [-0.15, -0.1) is 0 Å². The molecule has 1 aromatic carbocycles. The van der Waals surface area contributed by atoms with Gasteiger partial charge in [0.2, 0.25) is 0 Å². The quantitative estimate of drug-likeness (QED) is 0.917. The summed E-state index contributed by atoms with van der Waals surface area (Å²) in [6, 6.07) is 4.92. The molecule has 106 valence electrons. The van der Waals surface area contributed by atoms with Crippen molar-refractivity contribution < 1.29 is 4.39 Å². The highest BCUT2D eigenvalue weighted by Crippen LogP contribution is 2.42. The van der Waals surface area contributed by atoms with E-state index in [9.17, 15) is 4.39 Å². The summed E-state index contributed by atoms with van der Waals surface area (Å²) in [7, 11) is 0. The van der Waals surface area contributed by atoms with E-state index in [0.717, 1.165) is 31.6 Å². The van der Waals surface area contributed by atoms with E-state index in [1.807, 2.05) is 4.57 Å². The Morgan fingerprint density at radius 3 is 2.85 bits per heavy atom. The van der Waals surface area contributed by atoms with Crippen molar-refractivity contribution in [2.75, 3.05) is 5.73 Å². The van der Waals surface area contributed by atoms with Crippen LogP contribution in [0.25, 0.3) is 11.3 Å². The van der Waals surface area contributed by atoms with Gasteiger partial charge in [0.1, 0.15) is 17.3 Å². The summed E-state index contributed by atoms with van der Waals surface area (Å²) >= 11 is 5.85. The van der Waals surface area contributed by atoms with Gasteiger partial charge < -0.3 is 10.3 Å². The third-order valence-corrected chi connectivity index (χ3v) is 3.92. The average Bonchev–Trinajstić information content (AvgIpc) is 3.22. The van der Waals surface area contributed by atoms with Crippen LogP contribution in [0.3, 0.4) is 0 Å². The van der Waals surface area contributed by atoms with Crippen molar-refractivity contribution in [1.82, 2.24) is 9.55 Å². The van der Waals surface area contributed by atoms with Crippen molar-refractivity contribution >= 4 is 17.4 Å². The summed E-state index contributed by atoms with van der Waals surface area (Å²) in [6.45, 7) is 2.91. The maximum atomic E-state index is 14.2. The lowest BCUT2D eigenvalue weighted by Gasteiger charge is -2.07. The maximum Gasteiger partial charge on any atom is 0.151 e. The number of nitrogens with zero attached hydrogens (tertiary/aromatic N) is 2. The molecule has 1 aromatic heterocycles. The van der Waals surface area contributed by atoms with Crippen LogP contribution in [-0.2, 0) is 6.54 Å². The van der Waals surface area contributed by atoms with Gasteiger partial charge in [0.05, 0.1) is 5.02 Å². The van der Waals surface area contributed by atoms with Gasteiger partial charge in [0, 0.05) is 18.0 Å². The van der Waals surface area contributed by atoms with E-state index in [1.54, 1.807) is 12.1 Å². The first-order valence-electron chi connectivity index (χ1n) is 6.93. The van der Waals surface area contributed by atoms with Gasteiger partial charge in [-0.1, -0.05) is 24.6 Å². The van der Waals surface area contributed by atoms with Crippen LogP contribution >= 0.6 is 11.6 Å². The lowest BCUT2D eigenvalue weighted by atomic mass is 10.1. The second-order valence-corrected chi connectivity index (χ2v) is 5.64. The molecular weight excluding hydrogens is 277 g/mol. The number of nitrogens with two attached hydrogens (primary N) is 1. The molecule has 20 heavy (non-hydrogen) atoms. The van der Waals surface area contributed by atoms with Crippen molar-refractivity contribution in [2.45, 2.75) is 38.6 Å². The number of rotatable bonds is 4. The van der Waals surface area contributed by atoms with E-state index in [0.29, 0.717) is 23.0 Å². The molecule has 0 atom stereocenters. The van der Waals surface area contributed by atoms with Crippen LogP contribution in [0.4, 0.5) is 10.2 Å². The second kappa shape index (κ2) is 5.09. The van der Waals surface area contributed by atoms with Crippen LogP contribution in [-0.4, -0.2) is 9.55 Å². The minimum Gasteiger partial charge on any atom is -0.383 e. The first-order chi connectivity index (χ1) is 9.63. The van der Waals surface area contributed by atoms with Gasteiger partial charge in [0.15, 0.2) is 5.82 Å². The van der Waals surface area contributed by atoms with Crippen molar-refractivity contribution in [3.8, 4) is 11.3 Å². The topological polar surface area (TPSA) is 43.8 Å². The predicted molar refractivity (Wildman–Crippen MR) is 79.3 cm³/mol. The van der Waals surface area contributed by atoms with Gasteiger partial charge in [0.25, 0.3) is 0 Å². The molecule has 0 bridgehead atoms. The number of hydrogen-bond acceptors (Lipinski definition) is 2. The van der Waals surface area contributed by atoms with Crippen molar-refractivity contribution in [2.24, 2.45) is 0 Å². The maximum absolute atomic E-state index is 14.2. The van der Waals surface area contributed by atoms with E-state index in [-0.39, 0.29) is 5.02 Å². The summed E-state index contributed by atoms with van der Waals surface area (Å²) in [5.74, 6) is 1.54. The Bertz CT molecular complexity index is 647. The summed E-state index contributed by atoms with van der Waals surface area (Å²) in [5.41, 5.74) is 7.09. The molecule has 0 aliphatic heterocycles. The van der Waals surface area contributed by atoms with E-state index < -0.39 is 5.82 Å². The minimum absolute atomic E-state index is 0.0971. The molecule has 0 radical (unpaired) electrons. The molecule has 0 unspecified atom stereocenters. The van der Waals surface area contributed by atoms with Crippen molar-refractivity contribution in [3.05, 3.63) is 34.9 Å². The zero-order valence-electron chi connectivity index (χ0n) is 11.4. The van der Waals surface area contributed by atoms with Gasteiger partial charge >= 0.3 is 0 Å². The number of imidazole rings is 1. The van der Waals surface area contributed by atoms with Gasteiger partial charge in [-0.3, -0.25) is 0 Å². The Labute approximate surface area is 122 Å². The van der Waals surface area contributed by atoms with Gasteiger partial charge in [-0.25, -0.2) is 9.37 Å². The fourth-order valence-corrected chi connectivity index (χ4v) is 2.65. The molecule has 1 heterocycles. The fraction of sp³-hybridized carbons (Fsp3) is 0.400. The highest BCUT2D eigenvalue weighted by Gasteiger charge is 2.31. The van der Waals surface area contributed by atoms with Gasteiger partial charge in [-0.05, 0) is 31.4 Å². The molecule has 0 amide bonds. The molecule has 2 N–H and O–H groups in total. The molecule has 2 aromatic rings. The SMILES string of the molecule is CCCn1c(C2CC2)nc(-c2cccc(Cl)c2F)c1N. The zero-order valence-corrected chi connectivity index (χ0v) is 12.1. The molecule has 0 saturated heterocycles. The number of benzene rings is 1. The molecule has 3 rings (SSSR count). The Balaban J connectivity index is 2.14. The lowest BCUT2D eigenvalue weighted by molar-refractivity contribution is 0.631. The fourth-order valence-electron chi connectivity index (χ4n) is 2.48. The normalized spacial score (nSPS) is 14.8. The highest BCUT2D eigenvalue weighted by molar-refractivity contribution is 6.31. The van der Waals surface area contributed by atoms with Crippen molar-refractivity contribution in [1.29, 1.82) is 0 Å². The minimum atomic E-state index is -0.454. The third kappa shape index (κ3) is 2.18. The monoisotopic (exact) mass is 293 g/mol. The van der Waals surface area contributed by atoms with E-state index in [1.165, 1.54) is 6.07 Å². The molecular formula is C15H17ClFN3. The first-order valence-corrected chi connectivity index (χ1v) is 7.31. The lowest BCUT2D eigenvalue weighted by Crippen LogP contribution is -2.06. The van der Waals surface area contributed by atoms with Crippen LogP contribution in [0.5, 0.6) is 0 Å². The smallest absolute Gasteiger partial charge is 0.151 e. The molecule has 5 heteroatoms. The van der Waals surface area contributed by atoms with Crippen LogP contribution in [0.2, 0.25) is 5.02 Å². The summed E-state index contributed by atoms with van der Waals surface area (Å²) in [6.07, 6.45) is 3.24. The van der Waals surface area contributed by atoms with Crippen LogP contribution in [0.1, 0.15) is 37.9 Å². The standard InChI is InChI=1S/C15H17ClFN3/c1-2-8-20-14(18)13(19-15(20)9-6-7-9)10-4-3-5-11(16)12(10)17/h3-5,9H,2,6-8,18H2,1H3. The Kier molecular flexibility index (Phi) is 3.42. The van der Waals surface area contributed by atoms with Crippen molar-refractivity contribution in [3.63, 3.8) is 0 Å². The molecule has 1 saturated carbocycles. The number of anilines is 1. The van der Waals surface area contributed by atoms with E-state index in [2.05, 4.69) is 11.9 Å². The predicted octanol–water partition coefficient (Wildman–Crippen LogP) is 4.21. The van der Waals surface area contributed by atoms with E-state index in [4.69, 9.17) is 17.3 Å². The molecule has 1 aliphatic rings. The zero-order chi connectivity index (χ0) is 14.3. The number of aromatic nitrogens is 2. The van der Waals surface area contributed by atoms with Crippen LogP contribution in [0.15, 0.2) is 18.2 Å². The molecule has 1 aliphatic carbocycles. The van der Waals surface area contributed by atoms with Crippen LogP contribution < -0.4 is 5.73 Å². The molecule has 1 fully saturated rings. The average molecular weight is 294 g/mol. The van der Waals surface area contributed by atoms with Crippen LogP contribution in [0, 0.1) is 5.82 Å². The number of halogens is 2. The second-order valence-electron chi connectivity index (χ2n) is 5.23. The Morgan fingerprint density at radius 2 is 2.20 bits per heavy atom. The summed E-state index contributed by atoms with van der Waals surface area (Å²) in [4.78, 5) is 4.60. The van der Waals surface area contributed by atoms with Gasteiger partial charge in [-0.2, -0.15) is 0 Å². The molecule has 3 nitrogen and oxygen atoms in total. The first kappa shape index (κ1) is 13.4. The number of hydrogen-bond donors (Lipinski definition) is 1. The summed E-state index contributed by atoms with van der Waals surface area (Å²) in [5, 5.41) is 0.0971. The third-order valence-electron chi connectivity index (χ3n) is 3.63. The molecule has 0 spiro atoms.